The number of benzene rings is 1. The molecule has 2 atom stereocenters. The normalized spacial score (nSPS) is 23.6. The number of aryl methyl sites for hydroxylation is 1. The highest BCUT2D eigenvalue weighted by molar-refractivity contribution is 5.92. The maximum atomic E-state index is 11.9. The summed E-state index contributed by atoms with van der Waals surface area (Å²) in [5.41, 5.74) is 2.02. The van der Waals surface area contributed by atoms with E-state index >= 15 is 0 Å². The number of hydrogen-bond donors (Lipinski definition) is 2. The van der Waals surface area contributed by atoms with E-state index in [9.17, 15) is 4.79 Å². The van der Waals surface area contributed by atoms with Gasteiger partial charge in [-0.25, -0.2) is 0 Å². The molecule has 2 unspecified atom stereocenters. The topological polar surface area (TPSA) is 44.4 Å². The van der Waals surface area contributed by atoms with Gasteiger partial charge in [0.1, 0.15) is 0 Å². The fraction of sp³-hybridized carbons (Fsp3) is 0.562. The Labute approximate surface area is 121 Å². The lowest BCUT2D eigenvalue weighted by molar-refractivity contribution is -0.115. The van der Waals surface area contributed by atoms with Crippen molar-refractivity contribution in [2.45, 2.75) is 38.8 Å². The fourth-order valence-corrected chi connectivity index (χ4v) is 2.64. The molecule has 0 spiro atoms. The van der Waals surface area contributed by atoms with Gasteiger partial charge in [-0.2, -0.15) is 0 Å². The van der Waals surface area contributed by atoms with Crippen LogP contribution in [0.25, 0.3) is 0 Å². The molecule has 0 bridgehead atoms. The number of carbonyl (C=O) groups excluding carboxylic acids is 1. The van der Waals surface area contributed by atoms with E-state index in [1.807, 2.05) is 31.2 Å². The van der Waals surface area contributed by atoms with Crippen molar-refractivity contribution in [1.29, 1.82) is 0 Å². The molecule has 0 aromatic heterocycles. The van der Waals surface area contributed by atoms with Gasteiger partial charge in [0, 0.05) is 17.8 Å². The Morgan fingerprint density at radius 3 is 2.95 bits per heavy atom. The van der Waals surface area contributed by atoms with Crippen LogP contribution in [0.5, 0.6) is 0 Å². The van der Waals surface area contributed by atoms with Crippen molar-refractivity contribution in [2.24, 2.45) is 0 Å². The van der Waals surface area contributed by atoms with E-state index in [1.54, 1.807) is 0 Å². The van der Waals surface area contributed by atoms with Gasteiger partial charge in [0.2, 0.25) is 5.91 Å². The largest absolute Gasteiger partial charge is 0.325 e. The maximum Gasteiger partial charge on any atom is 0.238 e. The first kappa shape index (κ1) is 15.0. The fourth-order valence-electron chi connectivity index (χ4n) is 2.64. The molecule has 1 aromatic carbocycles. The smallest absolute Gasteiger partial charge is 0.238 e. The van der Waals surface area contributed by atoms with Gasteiger partial charge in [0.15, 0.2) is 0 Å². The molecule has 1 amide bonds. The highest BCUT2D eigenvalue weighted by Crippen LogP contribution is 2.15. The quantitative estimate of drug-likeness (QED) is 0.883. The molecule has 0 radical (unpaired) electrons. The maximum absolute atomic E-state index is 11.9. The van der Waals surface area contributed by atoms with Crippen molar-refractivity contribution in [2.75, 3.05) is 25.5 Å². The number of hydrogen-bond acceptors (Lipinski definition) is 3. The molecule has 2 rings (SSSR count). The SMILES string of the molecule is Cc1cccc(NC(=O)CNC2CCN(C)C(C)C2)c1. The number of nitrogens with zero attached hydrogens (tertiary/aromatic N) is 1. The van der Waals surface area contributed by atoms with Crippen molar-refractivity contribution >= 4 is 11.6 Å². The summed E-state index contributed by atoms with van der Waals surface area (Å²) in [6.45, 7) is 5.74. The number of nitrogens with one attached hydrogen (secondary N) is 2. The molecule has 1 saturated heterocycles. The second kappa shape index (κ2) is 6.86. The zero-order chi connectivity index (χ0) is 14.5. The molecule has 20 heavy (non-hydrogen) atoms. The van der Waals surface area contributed by atoms with E-state index in [0.717, 1.165) is 30.6 Å². The number of likely N-dealkylation sites (tertiary alicyclic amines) is 1. The van der Waals surface area contributed by atoms with Gasteiger partial charge >= 0.3 is 0 Å². The van der Waals surface area contributed by atoms with Gasteiger partial charge in [0.25, 0.3) is 0 Å². The third kappa shape index (κ3) is 4.32. The van der Waals surface area contributed by atoms with Crippen LogP contribution in [0, 0.1) is 6.92 Å². The summed E-state index contributed by atoms with van der Waals surface area (Å²) in [5.74, 6) is 0.0298. The van der Waals surface area contributed by atoms with Crippen LogP contribution in [0.1, 0.15) is 25.3 Å². The molecule has 1 aromatic rings. The van der Waals surface area contributed by atoms with Gasteiger partial charge in [-0.15, -0.1) is 0 Å². The Morgan fingerprint density at radius 2 is 2.25 bits per heavy atom. The summed E-state index contributed by atoms with van der Waals surface area (Å²) < 4.78 is 0. The molecular formula is C16H25N3O. The molecule has 4 heteroatoms. The van der Waals surface area contributed by atoms with E-state index in [1.165, 1.54) is 0 Å². The number of rotatable bonds is 4. The zero-order valence-corrected chi connectivity index (χ0v) is 12.6. The van der Waals surface area contributed by atoms with Gasteiger partial charge in [-0.05, 0) is 58.0 Å². The predicted octanol–water partition coefficient (Wildman–Crippen LogP) is 2.01. The number of piperidine rings is 1. The number of carbonyl (C=O) groups is 1. The Morgan fingerprint density at radius 1 is 1.45 bits per heavy atom. The molecule has 1 aliphatic rings. The van der Waals surface area contributed by atoms with Crippen molar-refractivity contribution in [3.8, 4) is 0 Å². The van der Waals surface area contributed by atoms with Crippen LogP contribution >= 0.6 is 0 Å². The van der Waals surface area contributed by atoms with Gasteiger partial charge < -0.3 is 15.5 Å². The van der Waals surface area contributed by atoms with Crippen LogP contribution in [-0.4, -0.2) is 43.0 Å². The lowest BCUT2D eigenvalue weighted by Crippen LogP contribution is -2.47. The van der Waals surface area contributed by atoms with Gasteiger partial charge in [0.05, 0.1) is 6.54 Å². The van der Waals surface area contributed by atoms with Crippen LogP contribution in [0.15, 0.2) is 24.3 Å². The molecule has 0 saturated carbocycles. The third-order valence-corrected chi connectivity index (χ3v) is 4.06. The average Bonchev–Trinajstić information content (AvgIpc) is 2.40. The van der Waals surface area contributed by atoms with E-state index in [0.29, 0.717) is 18.6 Å². The minimum absolute atomic E-state index is 0.0298. The zero-order valence-electron chi connectivity index (χ0n) is 12.6. The number of anilines is 1. The third-order valence-electron chi connectivity index (χ3n) is 4.06. The second-order valence-electron chi connectivity index (χ2n) is 5.85. The van der Waals surface area contributed by atoms with Crippen LogP contribution < -0.4 is 10.6 Å². The molecule has 1 aliphatic heterocycles. The summed E-state index contributed by atoms with van der Waals surface area (Å²) >= 11 is 0. The summed E-state index contributed by atoms with van der Waals surface area (Å²) in [4.78, 5) is 14.3. The van der Waals surface area contributed by atoms with Crippen molar-refractivity contribution in [3.63, 3.8) is 0 Å². The van der Waals surface area contributed by atoms with Gasteiger partial charge in [-0.1, -0.05) is 12.1 Å². The lowest BCUT2D eigenvalue weighted by atomic mass is 9.99. The molecule has 1 heterocycles. The van der Waals surface area contributed by atoms with Crippen LogP contribution in [0.2, 0.25) is 0 Å². The van der Waals surface area contributed by atoms with Gasteiger partial charge in [-0.3, -0.25) is 4.79 Å². The molecular weight excluding hydrogens is 250 g/mol. The molecule has 0 aliphatic carbocycles. The van der Waals surface area contributed by atoms with Crippen LogP contribution in [0.4, 0.5) is 5.69 Å². The molecule has 2 N–H and O–H groups in total. The number of amides is 1. The molecule has 4 nitrogen and oxygen atoms in total. The average molecular weight is 275 g/mol. The van der Waals surface area contributed by atoms with Crippen molar-refractivity contribution in [1.82, 2.24) is 10.2 Å². The standard InChI is InChI=1S/C16H25N3O/c1-12-5-4-6-15(9-12)18-16(20)11-17-14-7-8-19(3)13(2)10-14/h4-6,9,13-14,17H,7-8,10-11H2,1-3H3,(H,18,20). The minimum Gasteiger partial charge on any atom is -0.325 e. The van der Waals surface area contributed by atoms with Crippen molar-refractivity contribution in [3.05, 3.63) is 29.8 Å². The first-order valence-electron chi connectivity index (χ1n) is 7.35. The predicted molar refractivity (Wildman–Crippen MR) is 82.9 cm³/mol. The summed E-state index contributed by atoms with van der Waals surface area (Å²) in [6, 6.07) is 8.91. The summed E-state index contributed by atoms with van der Waals surface area (Å²) in [7, 11) is 2.16. The monoisotopic (exact) mass is 275 g/mol. The Bertz CT molecular complexity index is 461. The van der Waals surface area contributed by atoms with E-state index < -0.39 is 0 Å². The minimum atomic E-state index is 0.0298. The lowest BCUT2D eigenvalue weighted by Gasteiger charge is -2.35. The van der Waals surface area contributed by atoms with Crippen LogP contribution in [-0.2, 0) is 4.79 Å². The molecule has 110 valence electrons. The first-order valence-corrected chi connectivity index (χ1v) is 7.35. The van der Waals surface area contributed by atoms with Crippen LogP contribution in [0.3, 0.4) is 0 Å². The van der Waals surface area contributed by atoms with E-state index in [-0.39, 0.29) is 5.91 Å². The second-order valence-corrected chi connectivity index (χ2v) is 5.85. The first-order chi connectivity index (χ1) is 9.54. The molecule has 1 fully saturated rings. The van der Waals surface area contributed by atoms with Crippen molar-refractivity contribution < 1.29 is 4.79 Å². The van der Waals surface area contributed by atoms with E-state index in [2.05, 4.69) is 29.5 Å². The Balaban J connectivity index is 1.75. The van der Waals surface area contributed by atoms with E-state index in [4.69, 9.17) is 0 Å². The summed E-state index contributed by atoms with van der Waals surface area (Å²) in [5, 5.41) is 6.30. The summed E-state index contributed by atoms with van der Waals surface area (Å²) in [6.07, 6.45) is 2.22. The Hall–Kier alpha value is -1.39. The highest BCUT2D eigenvalue weighted by Gasteiger charge is 2.22. The highest BCUT2D eigenvalue weighted by atomic mass is 16.1. The Kier molecular flexibility index (Phi) is 5.15.